The number of ether oxygens (including phenoxy) is 3. The van der Waals surface area contributed by atoms with Crippen molar-refractivity contribution in [2.75, 3.05) is 52.5 Å². The molecule has 0 saturated carbocycles. The number of aromatic nitrogens is 2. The molecule has 4 rings (SSSR count). The topological polar surface area (TPSA) is 111 Å². The molecule has 4 aromatic rings. The van der Waals surface area contributed by atoms with E-state index in [9.17, 15) is 13.2 Å². The number of carbonyl (C=O) groups is 1. The van der Waals surface area contributed by atoms with Crippen molar-refractivity contribution in [3.63, 3.8) is 0 Å². The lowest BCUT2D eigenvalue weighted by atomic mass is 10.2. The average molecular weight is 585 g/mol. The first-order valence-electron chi connectivity index (χ1n) is 12.5. The molecule has 2 aromatic heterocycles. The lowest BCUT2D eigenvalue weighted by molar-refractivity contribution is 0.0985. The van der Waals surface area contributed by atoms with Crippen molar-refractivity contribution in [2.24, 2.45) is 0 Å². The van der Waals surface area contributed by atoms with Crippen LogP contribution in [-0.4, -0.2) is 76.2 Å². The monoisotopic (exact) mass is 584 g/mol. The van der Waals surface area contributed by atoms with Gasteiger partial charge in [-0.3, -0.25) is 14.7 Å². The SMILES string of the molecule is COCCN(CCOC)S(=O)(=O)c1ccc(C(=O)N(Cc2cccnc2)c2nc3c(OC)ccc(C)c3s2)cc1. The maximum absolute atomic E-state index is 13.9. The number of hydrogen-bond donors (Lipinski definition) is 0. The molecule has 1 amide bonds. The Labute approximate surface area is 238 Å². The van der Waals surface area contributed by atoms with Gasteiger partial charge in [0.05, 0.1) is 36.5 Å². The molecular formula is C28H32N4O6S2. The van der Waals surface area contributed by atoms with Gasteiger partial charge in [-0.1, -0.05) is 23.5 Å². The van der Waals surface area contributed by atoms with Crippen LogP contribution in [0, 0.1) is 6.92 Å². The number of aryl methyl sites for hydroxylation is 1. The first-order chi connectivity index (χ1) is 19.3. The van der Waals surface area contributed by atoms with Crippen molar-refractivity contribution in [2.45, 2.75) is 18.4 Å². The summed E-state index contributed by atoms with van der Waals surface area (Å²) in [5.74, 6) is 0.303. The predicted molar refractivity (Wildman–Crippen MR) is 155 cm³/mol. The van der Waals surface area contributed by atoms with Crippen molar-refractivity contribution in [3.05, 3.63) is 77.6 Å². The summed E-state index contributed by atoms with van der Waals surface area (Å²) in [6, 6.07) is 13.4. The number of pyridine rings is 1. The predicted octanol–water partition coefficient (Wildman–Crippen LogP) is 4.14. The zero-order valence-corrected chi connectivity index (χ0v) is 24.5. The Bertz CT molecular complexity index is 1530. The largest absolute Gasteiger partial charge is 0.494 e. The molecule has 0 atom stereocenters. The van der Waals surface area contributed by atoms with E-state index in [1.54, 1.807) is 24.4 Å². The molecule has 2 heterocycles. The molecule has 2 aromatic carbocycles. The van der Waals surface area contributed by atoms with Crippen LogP contribution in [0.3, 0.4) is 0 Å². The molecule has 40 heavy (non-hydrogen) atoms. The molecule has 0 spiro atoms. The number of amides is 1. The van der Waals surface area contributed by atoms with Gasteiger partial charge >= 0.3 is 0 Å². The normalized spacial score (nSPS) is 11.7. The Morgan fingerprint density at radius 3 is 2.27 bits per heavy atom. The van der Waals surface area contributed by atoms with E-state index >= 15 is 0 Å². The number of sulfonamides is 1. The van der Waals surface area contributed by atoms with Crippen LogP contribution in [0.15, 0.2) is 65.8 Å². The zero-order valence-electron chi connectivity index (χ0n) is 22.9. The third-order valence-electron chi connectivity index (χ3n) is 6.28. The van der Waals surface area contributed by atoms with Crippen LogP contribution in [0.4, 0.5) is 5.13 Å². The number of carbonyl (C=O) groups excluding carboxylic acids is 1. The zero-order chi connectivity index (χ0) is 28.7. The van der Waals surface area contributed by atoms with E-state index in [0.29, 0.717) is 22.0 Å². The minimum atomic E-state index is -3.82. The smallest absolute Gasteiger partial charge is 0.260 e. The highest BCUT2D eigenvalue weighted by Gasteiger charge is 2.27. The molecule has 0 fully saturated rings. The number of anilines is 1. The second-order valence-corrected chi connectivity index (χ2v) is 11.8. The lowest BCUT2D eigenvalue weighted by Crippen LogP contribution is -2.36. The number of thiazole rings is 1. The van der Waals surface area contributed by atoms with Gasteiger partial charge in [0.15, 0.2) is 5.13 Å². The summed E-state index contributed by atoms with van der Waals surface area (Å²) in [4.78, 5) is 24.5. The molecule has 212 valence electrons. The minimum Gasteiger partial charge on any atom is -0.494 e. The van der Waals surface area contributed by atoms with E-state index in [-0.39, 0.29) is 43.7 Å². The van der Waals surface area contributed by atoms with E-state index in [4.69, 9.17) is 19.2 Å². The summed E-state index contributed by atoms with van der Waals surface area (Å²) in [6.07, 6.45) is 3.37. The van der Waals surface area contributed by atoms with E-state index in [1.165, 1.54) is 54.1 Å². The summed E-state index contributed by atoms with van der Waals surface area (Å²) >= 11 is 1.40. The van der Waals surface area contributed by atoms with Crippen LogP contribution in [0.2, 0.25) is 0 Å². The molecule has 0 saturated heterocycles. The number of nitrogens with zero attached hydrogens (tertiary/aromatic N) is 4. The molecule has 0 bridgehead atoms. The van der Waals surface area contributed by atoms with E-state index < -0.39 is 10.0 Å². The molecule has 0 aliphatic carbocycles. The molecule has 0 radical (unpaired) electrons. The molecule has 0 N–H and O–H groups in total. The van der Waals surface area contributed by atoms with Crippen LogP contribution in [0.1, 0.15) is 21.5 Å². The summed E-state index contributed by atoms with van der Waals surface area (Å²) in [5, 5.41) is 0.499. The van der Waals surface area contributed by atoms with Gasteiger partial charge in [-0.25, -0.2) is 13.4 Å². The van der Waals surface area contributed by atoms with Crippen molar-refractivity contribution in [1.29, 1.82) is 0 Å². The molecule has 0 aliphatic rings. The van der Waals surface area contributed by atoms with E-state index in [0.717, 1.165) is 15.8 Å². The third-order valence-corrected chi connectivity index (χ3v) is 9.41. The summed E-state index contributed by atoms with van der Waals surface area (Å²) in [5.41, 5.74) is 2.85. The van der Waals surface area contributed by atoms with Gasteiger partial charge in [-0.15, -0.1) is 0 Å². The second-order valence-electron chi connectivity index (χ2n) is 8.93. The number of methoxy groups -OCH3 is 3. The van der Waals surface area contributed by atoms with Gasteiger partial charge in [0.25, 0.3) is 5.91 Å². The highest BCUT2D eigenvalue weighted by Crippen LogP contribution is 2.37. The number of rotatable bonds is 13. The Morgan fingerprint density at radius 1 is 0.975 bits per heavy atom. The maximum atomic E-state index is 13.9. The van der Waals surface area contributed by atoms with Crippen LogP contribution < -0.4 is 9.64 Å². The third kappa shape index (κ3) is 6.48. The van der Waals surface area contributed by atoms with Gasteiger partial charge in [-0.05, 0) is 54.4 Å². The Morgan fingerprint density at radius 2 is 1.68 bits per heavy atom. The Kier molecular flexibility index (Phi) is 9.82. The summed E-state index contributed by atoms with van der Waals surface area (Å²) in [7, 11) is 0.794. The fraction of sp³-hybridized carbons (Fsp3) is 0.321. The fourth-order valence-electron chi connectivity index (χ4n) is 4.09. The molecule has 0 aliphatic heterocycles. The summed E-state index contributed by atoms with van der Waals surface area (Å²) in [6.45, 7) is 3.07. The number of hydrogen-bond acceptors (Lipinski definition) is 9. The first kappa shape index (κ1) is 29.6. The summed E-state index contributed by atoms with van der Waals surface area (Å²) < 4.78 is 44.5. The van der Waals surface area contributed by atoms with Crippen molar-refractivity contribution in [1.82, 2.24) is 14.3 Å². The van der Waals surface area contributed by atoms with Crippen molar-refractivity contribution < 1.29 is 27.4 Å². The standard InChI is InChI=1S/C28H32N4O6S2/c1-20-7-12-24(38-4)25-26(20)39-28(30-25)32(19-21-6-5-13-29-18-21)27(33)22-8-10-23(11-9-22)40(34,35)31(14-16-36-2)15-17-37-3/h5-13,18H,14-17,19H2,1-4H3. The highest BCUT2D eigenvalue weighted by atomic mass is 32.2. The van der Waals surface area contributed by atoms with Crippen molar-refractivity contribution >= 4 is 42.6 Å². The van der Waals surface area contributed by atoms with Crippen LogP contribution in [0.5, 0.6) is 5.75 Å². The fourth-order valence-corrected chi connectivity index (χ4v) is 6.55. The molecule has 10 nitrogen and oxygen atoms in total. The van der Waals surface area contributed by atoms with Crippen LogP contribution in [-0.2, 0) is 26.0 Å². The van der Waals surface area contributed by atoms with Crippen molar-refractivity contribution in [3.8, 4) is 5.75 Å². The quantitative estimate of drug-likeness (QED) is 0.231. The molecule has 0 unspecified atom stereocenters. The lowest BCUT2D eigenvalue weighted by Gasteiger charge is -2.22. The van der Waals surface area contributed by atoms with Gasteiger partial charge in [0.2, 0.25) is 10.0 Å². The Balaban J connectivity index is 1.69. The van der Waals surface area contributed by atoms with Gasteiger partial charge < -0.3 is 14.2 Å². The van der Waals surface area contributed by atoms with Crippen LogP contribution >= 0.6 is 11.3 Å². The van der Waals surface area contributed by atoms with Gasteiger partial charge in [0, 0.05) is 45.3 Å². The molecular weight excluding hydrogens is 552 g/mol. The van der Waals surface area contributed by atoms with E-state index in [1.807, 2.05) is 31.2 Å². The second kappa shape index (κ2) is 13.3. The van der Waals surface area contributed by atoms with Gasteiger partial charge in [-0.2, -0.15) is 4.31 Å². The average Bonchev–Trinajstić information content (AvgIpc) is 3.42. The maximum Gasteiger partial charge on any atom is 0.260 e. The number of benzene rings is 2. The highest BCUT2D eigenvalue weighted by molar-refractivity contribution is 7.89. The minimum absolute atomic E-state index is 0.0791. The molecule has 12 heteroatoms. The van der Waals surface area contributed by atoms with Gasteiger partial charge in [0.1, 0.15) is 11.3 Å². The Hall–Kier alpha value is -3.42. The first-order valence-corrected chi connectivity index (χ1v) is 14.8. The van der Waals surface area contributed by atoms with E-state index in [2.05, 4.69) is 4.98 Å². The van der Waals surface area contributed by atoms with Crippen LogP contribution in [0.25, 0.3) is 10.2 Å². The number of fused-ring (bicyclic) bond motifs is 1.